The maximum atomic E-state index is 12.8. The fraction of sp³-hybridized carbons (Fsp3) is 0.458. The monoisotopic (exact) mass is 409 g/mol. The Balaban J connectivity index is 1.22. The van der Waals surface area contributed by atoms with Crippen LogP contribution in [0.15, 0.2) is 48.5 Å². The highest BCUT2D eigenvalue weighted by atomic mass is 16.7. The van der Waals surface area contributed by atoms with Gasteiger partial charge in [-0.3, -0.25) is 14.6 Å². The normalized spacial score (nSPS) is 17.8. The molecule has 0 bridgehead atoms. The summed E-state index contributed by atoms with van der Waals surface area (Å²) in [6.07, 6.45) is 1.99. The number of amides is 1. The molecule has 1 saturated heterocycles. The Bertz CT molecular complexity index is 850. The van der Waals surface area contributed by atoms with Crippen molar-refractivity contribution in [2.75, 3.05) is 26.9 Å². The Hall–Kier alpha value is -2.57. The van der Waals surface area contributed by atoms with Crippen molar-refractivity contribution in [3.8, 4) is 11.5 Å². The average Bonchev–Trinajstić information content (AvgIpc) is 3.23. The first-order valence-corrected chi connectivity index (χ1v) is 10.7. The molecule has 30 heavy (non-hydrogen) atoms. The number of nitrogens with one attached hydrogen (secondary N) is 1. The second kappa shape index (κ2) is 9.49. The summed E-state index contributed by atoms with van der Waals surface area (Å²) in [6.45, 7) is 5.93. The van der Waals surface area contributed by atoms with Crippen molar-refractivity contribution in [3.63, 3.8) is 0 Å². The molecular weight excluding hydrogens is 378 g/mol. The first-order chi connectivity index (χ1) is 14.6. The molecule has 1 atom stereocenters. The number of nitrogens with zero attached hydrogens (tertiary/aromatic N) is 2. The van der Waals surface area contributed by atoms with E-state index in [1.54, 1.807) is 0 Å². The van der Waals surface area contributed by atoms with Crippen LogP contribution in [0.3, 0.4) is 0 Å². The van der Waals surface area contributed by atoms with Gasteiger partial charge in [0.2, 0.25) is 12.7 Å². The fourth-order valence-electron chi connectivity index (χ4n) is 4.06. The van der Waals surface area contributed by atoms with Gasteiger partial charge in [-0.1, -0.05) is 36.4 Å². The molecular formula is C24H31N3O3. The Morgan fingerprint density at radius 3 is 2.60 bits per heavy atom. The van der Waals surface area contributed by atoms with E-state index in [0.717, 1.165) is 49.5 Å². The zero-order valence-corrected chi connectivity index (χ0v) is 17.8. The third kappa shape index (κ3) is 5.12. The highest BCUT2D eigenvalue weighted by Crippen LogP contribution is 2.32. The van der Waals surface area contributed by atoms with Crippen LogP contribution in [0.1, 0.15) is 30.9 Å². The minimum atomic E-state index is -0.197. The standard InChI is InChI=1S/C24H31N3O3/c1-18(26(2)15-20-8-9-22-23(14-20)30-17-29-22)24(28)25-21-10-12-27(13-11-21)16-19-6-4-3-5-7-19/h3-9,14,18,21H,10-13,15-17H2,1-2H3,(H,25,28). The minimum absolute atomic E-state index is 0.0970. The summed E-state index contributed by atoms with van der Waals surface area (Å²) in [5.41, 5.74) is 2.45. The maximum absolute atomic E-state index is 12.8. The highest BCUT2D eigenvalue weighted by molar-refractivity contribution is 5.81. The van der Waals surface area contributed by atoms with E-state index in [-0.39, 0.29) is 24.8 Å². The number of carbonyl (C=O) groups excluding carboxylic acids is 1. The third-order valence-electron chi connectivity index (χ3n) is 6.09. The van der Waals surface area contributed by atoms with Crippen molar-refractivity contribution < 1.29 is 14.3 Å². The van der Waals surface area contributed by atoms with Crippen molar-refractivity contribution >= 4 is 5.91 Å². The number of piperidine rings is 1. The average molecular weight is 410 g/mol. The first-order valence-electron chi connectivity index (χ1n) is 10.7. The van der Waals surface area contributed by atoms with Crippen molar-refractivity contribution in [2.24, 2.45) is 0 Å². The van der Waals surface area contributed by atoms with Crippen molar-refractivity contribution in [1.29, 1.82) is 0 Å². The fourth-order valence-corrected chi connectivity index (χ4v) is 4.06. The second-order valence-corrected chi connectivity index (χ2v) is 8.32. The minimum Gasteiger partial charge on any atom is -0.454 e. The predicted octanol–water partition coefficient (Wildman–Crippen LogP) is 3.02. The van der Waals surface area contributed by atoms with Crippen LogP contribution in [-0.2, 0) is 17.9 Å². The van der Waals surface area contributed by atoms with Crippen LogP contribution in [-0.4, -0.2) is 54.7 Å². The van der Waals surface area contributed by atoms with E-state index >= 15 is 0 Å². The quantitative estimate of drug-likeness (QED) is 0.762. The zero-order chi connectivity index (χ0) is 20.9. The van der Waals surface area contributed by atoms with Crippen LogP contribution < -0.4 is 14.8 Å². The second-order valence-electron chi connectivity index (χ2n) is 8.32. The van der Waals surface area contributed by atoms with Crippen molar-refractivity contribution in [2.45, 2.75) is 44.9 Å². The largest absolute Gasteiger partial charge is 0.454 e. The number of likely N-dealkylation sites (tertiary alicyclic amines) is 1. The highest BCUT2D eigenvalue weighted by Gasteiger charge is 2.25. The molecule has 0 saturated carbocycles. The van der Waals surface area contributed by atoms with E-state index in [4.69, 9.17) is 9.47 Å². The molecule has 1 N–H and O–H groups in total. The summed E-state index contributed by atoms with van der Waals surface area (Å²) < 4.78 is 10.8. The lowest BCUT2D eigenvalue weighted by Crippen LogP contribution is -2.50. The third-order valence-corrected chi connectivity index (χ3v) is 6.09. The summed E-state index contributed by atoms with van der Waals surface area (Å²) in [6, 6.07) is 16.6. The van der Waals surface area contributed by atoms with Crippen molar-refractivity contribution in [1.82, 2.24) is 15.1 Å². The van der Waals surface area contributed by atoms with Gasteiger partial charge in [0, 0.05) is 32.2 Å². The van der Waals surface area contributed by atoms with Gasteiger partial charge in [-0.15, -0.1) is 0 Å². The van der Waals surface area contributed by atoms with Gasteiger partial charge in [0.1, 0.15) is 0 Å². The molecule has 2 aromatic rings. The van der Waals surface area contributed by atoms with Gasteiger partial charge in [0.25, 0.3) is 0 Å². The number of benzene rings is 2. The lowest BCUT2D eigenvalue weighted by Gasteiger charge is -2.33. The number of likely N-dealkylation sites (N-methyl/N-ethyl adjacent to an activating group) is 1. The van der Waals surface area contributed by atoms with Crippen molar-refractivity contribution in [3.05, 3.63) is 59.7 Å². The van der Waals surface area contributed by atoms with E-state index in [1.807, 2.05) is 32.2 Å². The van der Waals surface area contributed by atoms with Gasteiger partial charge in [-0.25, -0.2) is 0 Å². The topological polar surface area (TPSA) is 54.0 Å². The lowest BCUT2D eigenvalue weighted by atomic mass is 10.0. The summed E-state index contributed by atoms with van der Waals surface area (Å²) in [4.78, 5) is 17.3. The molecule has 1 amide bonds. The number of hydrogen-bond donors (Lipinski definition) is 1. The van der Waals surface area contributed by atoms with Gasteiger partial charge in [-0.05, 0) is 50.1 Å². The Morgan fingerprint density at radius 2 is 1.83 bits per heavy atom. The molecule has 0 spiro atoms. The Kier molecular flexibility index (Phi) is 6.55. The molecule has 2 aliphatic rings. The summed E-state index contributed by atoms with van der Waals surface area (Å²) >= 11 is 0. The molecule has 2 heterocycles. The van der Waals surface area contributed by atoms with Crippen LogP contribution in [0.5, 0.6) is 11.5 Å². The molecule has 1 unspecified atom stereocenters. The van der Waals surface area contributed by atoms with E-state index in [9.17, 15) is 4.79 Å². The number of ether oxygens (including phenoxy) is 2. The molecule has 0 aromatic heterocycles. The zero-order valence-electron chi connectivity index (χ0n) is 17.8. The lowest BCUT2D eigenvalue weighted by molar-refractivity contribution is -0.126. The summed E-state index contributed by atoms with van der Waals surface area (Å²) in [5.74, 6) is 1.66. The first kappa shape index (κ1) is 20.7. The maximum Gasteiger partial charge on any atom is 0.237 e. The molecule has 0 aliphatic carbocycles. The van der Waals surface area contributed by atoms with Gasteiger partial charge in [0.05, 0.1) is 6.04 Å². The van der Waals surface area contributed by atoms with Gasteiger partial charge in [0.15, 0.2) is 11.5 Å². The number of carbonyl (C=O) groups is 1. The van der Waals surface area contributed by atoms with Gasteiger partial charge >= 0.3 is 0 Å². The van der Waals surface area contributed by atoms with E-state index < -0.39 is 0 Å². The Morgan fingerprint density at radius 1 is 1.10 bits per heavy atom. The predicted molar refractivity (Wildman–Crippen MR) is 116 cm³/mol. The molecule has 1 fully saturated rings. The number of fused-ring (bicyclic) bond motifs is 1. The number of hydrogen-bond acceptors (Lipinski definition) is 5. The SMILES string of the molecule is CC(C(=O)NC1CCN(Cc2ccccc2)CC1)N(C)Cc1ccc2c(c1)OCO2. The molecule has 6 nitrogen and oxygen atoms in total. The van der Waals surface area contributed by atoms with E-state index in [2.05, 4.69) is 45.4 Å². The summed E-state index contributed by atoms with van der Waals surface area (Å²) in [5, 5.41) is 3.26. The molecule has 2 aliphatic heterocycles. The molecule has 2 aromatic carbocycles. The van der Waals surface area contributed by atoms with E-state index in [1.165, 1.54) is 5.56 Å². The number of rotatable bonds is 7. The van der Waals surface area contributed by atoms with Crippen LogP contribution >= 0.6 is 0 Å². The van der Waals surface area contributed by atoms with Crippen LogP contribution in [0.2, 0.25) is 0 Å². The van der Waals surface area contributed by atoms with Crippen LogP contribution in [0.25, 0.3) is 0 Å². The molecule has 160 valence electrons. The van der Waals surface area contributed by atoms with Gasteiger partial charge in [-0.2, -0.15) is 0 Å². The van der Waals surface area contributed by atoms with E-state index in [0.29, 0.717) is 6.54 Å². The van der Waals surface area contributed by atoms with Crippen LogP contribution in [0, 0.1) is 0 Å². The van der Waals surface area contributed by atoms with Gasteiger partial charge < -0.3 is 14.8 Å². The molecule has 0 radical (unpaired) electrons. The Labute approximate surface area is 178 Å². The van der Waals surface area contributed by atoms with Crippen LogP contribution in [0.4, 0.5) is 0 Å². The summed E-state index contributed by atoms with van der Waals surface area (Å²) in [7, 11) is 1.98. The smallest absolute Gasteiger partial charge is 0.237 e. The molecule has 4 rings (SSSR count). The molecule has 6 heteroatoms.